The highest BCUT2D eigenvalue weighted by atomic mass is 16.7. The molecule has 1 aromatic carbocycles. The Bertz CT molecular complexity index is 1080. The lowest BCUT2D eigenvalue weighted by molar-refractivity contribution is -0.199. The van der Waals surface area contributed by atoms with Crippen LogP contribution in [-0.2, 0) is 25.2 Å². The summed E-state index contributed by atoms with van der Waals surface area (Å²) in [5, 5.41) is 7.39. The minimum atomic E-state index is -0.558. The molecule has 0 spiro atoms. The Morgan fingerprint density at radius 3 is 2.94 bits per heavy atom. The van der Waals surface area contributed by atoms with Crippen LogP contribution in [0.25, 0.3) is 11.0 Å². The first-order chi connectivity index (χ1) is 16.8. The number of nitrogens with one attached hydrogen (secondary N) is 2. The van der Waals surface area contributed by atoms with Crippen molar-refractivity contribution in [1.82, 2.24) is 10.6 Å². The predicted molar refractivity (Wildman–Crippen MR) is 131 cm³/mol. The van der Waals surface area contributed by atoms with Crippen LogP contribution < -0.4 is 10.6 Å². The van der Waals surface area contributed by atoms with Crippen LogP contribution in [0.15, 0.2) is 34.9 Å². The Morgan fingerprint density at radius 1 is 1.29 bits per heavy atom. The molecule has 3 aliphatic carbocycles. The molecule has 35 heavy (non-hydrogen) atoms. The summed E-state index contributed by atoms with van der Waals surface area (Å²) in [4.78, 5) is 12.9. The van der Waals surface area contributed by atoms with Gasteiger partial charge in [0, 0.05) is 11.9 Å². The average molecular weight is 482 g/mol. The quantitative estimate of drug-likeness (QED) is 0.611. The van der Waals surface area contributed by atoms with Gasteiger partial charge in [0.25, 0.3) is 0 Å². The fourth-order valence-electron chi connectivity index (χ4n) is 6.81. The van der Waals surface area contributed by atoms with E-state index in [-0.39, 0.29) is 29.8 Å². The Morgan fingerprint density at radius 2 is 2.14 bits per heavy atom. The van der Waals surface area contributed by atoms with Gasteiger partial charge in [-0.2, -0.15) is 0 Å². The van der Waals surface area contributed by atoms with Crippen molar-refractivity contribution in [3.05, 3.63) is 36.1 Å². The monoisotopic (exact) mass is 482 g/mol. The number of furan rings is 1. The van der Waals surface area contributed by atoms with Crippen molar-refractivity contribution in [3.63, 3.8) is 0 Å². The van der Waals surface area contributed by atoms with Crippen LogP contribution in [0.5, 0.6) is 0 Å². The second-order valence-corrected chi connectivity index (χ2v) is 11.4. The number of morpholine rings is 1. The van der Waals surface area contributed by atoms with Gasteiger partial charge in [-0.15, -0.1) is 0 Å². The second kappa shape index (κ2) is 8.80. The number of benzene rings is 1. The lowest BCUT2D eigenvalue weighted by Crippen LogP contribution is -2.65. The van der Waals surface area contributed by atoms with E-state index in [0.717, 1.165) is 29.5 Å². The molecule has 2 bridgehead atoms. The van der Waals surface area contributed by atoms with Gasteiger partial charge in [-0.1, -0.05) is 32.0 Å². The molecule has 9 heteroatoms. The maximum atomic E-state index is 12.9. The lowest BCUT2D eigenvalue weighted by atomic mass is 9.43. The van der Waals surface area contributed by atoms with Crippen LogP contribution >= 0.6 is 0 Å². The Labute approximate surface area is 206 Å². The number of ether oxygens (including phenoxy) is 2. The van der Waals surface area contributed by atoms with Gasteiger partial charge in [0.15, 0.2) is 0 Å². The Kier molecular flexibility index (Phi) is 5.87. The highest BCUT2D eigenvalue weighted by Crippen LogP contribution is 2.65. The molecule has 2 N–H and O–H groups in total. The zero-order chi connectivity index (χ0) is 24.2. The van der Waals surface area contributed by atoms with Gasteiger partial charge < -0.3 is 33.8 Å². The van der Waals surface area contributed by atoms with Gasteiger partial charge in [-0.25, -0.2) is 4.79 Å². The summed E-state index contributed by atoms with van der Waals surface area (Å²) < 4.78 is 30.0. The summed E-state index contributed by atoms with van der Waals surface area (Å²) in [7, 11) is -0.558. The Balaban J connectivity index is 1.20. The number of hydrogen-bond acceptors (Lipinski definition) is 7. The number of fused-ring (bicyclic) bond motifs is 1. The molecule has 188 valence electrons. The molecule has 3 heterocycles. The molecule has 2 aliphatic heterocycles. The third-order valence-electron chi connectivity index (χ3n) is 9.02. The molecule has 0 radical (unpaired) electrons. The van der Waals surface area contributed by atoms with Crippen molar-refractivity contribution in [1.29, 1.82) is 0 Å². The van der Waals surface area contributed by atoms with Crippen LogP contribution in [0.1, 0.15) is 39.2 Å². The first-order valence-corrected chi connectivity index (χ1v) is 12.9. The van der Waals surface area contributed by atoms with Crippen LogP contribution in [0, 0.1) is 17.3 Å². The molecule has 3 saturated carbocycles. The summed E-state index contributed by atoms with van der Waals surface area (Å²) in [6.45, 7) is 9.10. The zero-order valence-corrected chi connectivity index (χ0v) is 20.8. The van der Waals surface area contributed by atoms with Gasteiger partial charge >= 0.3 is 13.2 Å². The van der Waals surface area contributed by atoms with Gasteiger partial charge in [-0.3, -0.25) is 0 Å². The topological polar surface area (TPSA) is 91.2 Å². The molecule has 5 fully saturated rings. The number of rotatable bonds is 6. The average Bonchev–Trinajstić information content (AvgIpc) is 3.43. The van der Waals surface area contributed by atoms with E-state index in [4.69, 9.17) is 23.2 Å². The SMILES string of the molecule is CC1(C)[C@@H]2C[C@H]3OB([C@H](Cc4coc5ccccc45)NC(=O)OC[C@H]4COCCN4)O[C@@]3(C)[C@H]1C2. The fraction of sp³-hybridized carbons (Fsp3) is 0.654. The molecule has 7 rings (SSSR count). The third-order valence-corrected chi connectivity index (χ3v) is 9.02. The minimum absolute atomic E-state index is 0.000518. The van der Waals surface area contributed by atoms with E-state index in [2.05, 4.69) is 31.4 Å². The Hall–Kier alpha value is -2.07. The van der Waals surface area contributed by atoms with E-state index < -0.39 is 19.2 Å². The largest absolute Gasteiger partial charge is 0.482 e. The van der Waals surface area contributed by atoms with Crippen molar-refractivity contribution >= 4 is 24.2 Å². The molecular weight excluding hydrogens is 447 g/mol. The molecule has 6 atom stereocenters. The summed E-state index contributed by atoms with van der Waals surface area (Å²) in [5.74, 6) is 0.692. The zero-order valence-electron chi connectivity index (χ0n) is 20.8. The number of para-hydroxylation sites is 1. The molecule has 1 amide bonds. The van der Waals surface area contributed by atoms with Crippen molar-refractivity contribution in [2.75, 3.05) is 26.4 Å². The van der Waals surface area contributed by atoms with Crippen LogP contribution in [0.4, 0.5) is 4.79 Å². The van der Waals surface area contributed by atoms with Crippen LogP contribution in [0.3, 0.4) is 0 Å². The molecule has 5 aliphatic rings. The maximum absolute atomic E-state index is 12.9. The van der Waals surface area contributed by atoms with Crippen molar-refractivity contribution in [2.24, 2.45) is 17.3 Å². The van der Waals surface area contributed by atoms with Crippen molar-refractivity contribution in [3.8, 4) is 0 Å². The van der Waals surface area contributed by atoms with Gasteiger partial charge in [-0.05, 0) is 55.1 Å². The van der Waals surface area contributed by atoms with E-state index >= 15 is 0 Å². The molecule has 2 aromatic rings. The first kappa shape index (κ1) is 23.3. The summed E-state index contributed by atoms with van der Waals surface area (Å²) in [6, 6.07) is 7.93. The molecule has 2 saturated heterocycles. The van der Waals surface area contributed by atoms with Gasteiger partial charge in [0.2, 0.25) is 0 Å². The number of carbonyl (C=O) groups is 1. The normalized spacial score (nSPS) is 34.2. The standard InChI is InChI=1S/C26H35BN2O6/c1-25(2)17-11-21(25)26(3)22(12-17)34-27(35-26)23(10-16-13-32-20-7-5-4-6-19(16)20)29-24(30)33-15-18-14-31-9-8-28-18/h4-7,13,17-18,21-23,28H,8-12,14-15H2,1-3H3,(H,29,30)/t17-,18+,21-,22+,23-,26-/m0/s1. The van der Waals surface area contributed by atoms with Gasteiger partial charge in [0.05, 0.1) is 43.2 Å². The van der Waals surface area contributed by atoms with E-state index in [1.165, 1.54) is 6.42 Å². The number of carbonyl (C=O) groups excluding carboxylic acids is 1. The van der Waals surface area contributed by atoms with Gasteiger partial charge in [0.1, 0.15) is 12.2 Å². The molecule has 1 aromatic heterocycles. The predicted octanol–water partition coefficient (Wildman–Crippen LogP) is 3.33. The fourth-order valence-corrected chi connectivity index (χ4v) is 6.81. The molecule has 8 nitrogen and oxygen atoms in total. The smallest absolute Gasteiger partial charge is 0.464 e. The number of hydrogen-bond donors (Lipinski definition) is 2. The van der Waals surface area contributed by atoms with E-state index in [1.54, 1.807) is 6.26 Å². The number of alkyl carbamates (subject to hydrolysis) is 1. The summed E-state index contributed by atoms with van der Waals surface area (Å²) >= 11 is 0. The third kappa shape index (κ3) is 4.06. The molecule has 0 unspecified atom stereocenters. The van der Waals surface area contributed by atoms with Crippen molar-refractivity contribution < 1.29 is 28.0 Å². The van der Waals surface area contributed by atoms with E-state index in [0.29, 0.717) is 31.5 Å². The van der Waals surface area contributed by atoms with E-state index in [1.807, 2.05) is 24.3 Å². The lowest BCUT2D eigenvalue weighted by Gasteiger charge is -2.64. The van der Waals surface area contributed by atoms with Crippen molar-refractivity contribution in [2.45, 2.75) is 63.7 Å². The molecular formula is C26H35BN2O6. The first-order valence-electron chi connectivity index (χ1n) is 12.9. The second-order valence-electron chi connectivity index (χ2n) is 11.4. The number of amides is 1. The summed E-state index contributed by atoms with van der Waals surface area (Å²) in [5.41, 5.74) is 1.73. The minimum Gasteiger partial charge on any atom is -0.464 e. The summed E-state index contributed by atoms with van der Waals surface area (Å²) in [6.07, 6.45) is 4.01. The highest BCUT2D eigenvalue weighted by Gasteiger charge is 2.68. The maximum Gasteiger partial charge on any atom is 0.482 e. The van der Waals surface area contributed by atoms with E-state index in [9.17, 15) is 4.79 Å². The highest BCUT2D eigenvalue weighted by molar-refractivity contribution is 6.48. The van der Waals surface area contributed by atoms with Crippen LogP contribution in [0.2, 0.25) is 0 Å². The van der Waals surface area contributed by atoms with Crippen LogP contribution in [-0.4, -0.2) is 63.3 Å².